The molecule has 2 rings (SSSR count). The zero-order chi connectivity index (χ0) is 17.4. The Labute approximate surface area is 141 Å². The van der Waals surface area contributed by atoms with E-state index in [4.69, 9.17) is 9.84 Å². The number of hydrogen-bond acceptors (Lipinski definition) is 3. The second-order valence-electron chi connectivity index (χ2n) is 5.49. The molecule has 0 saturated heterocycles. The predicted molar refractivity (Wildman–Crippen MR) is 90.8 cm³/mol. The highest BCUT2D eigenvalue weighted by Gasteiger charge is 2.18. The molecule has 0 spiro atoms. The summed E-state index contributed by atoms with van der Waals surface area (Å²) in [6, 6.07) is 16.7. The van der Waals surface area contributed by atoms with Crippen LogP contribution in [0.2, 0.25) is 0 Å². The van der Waals surface area contributed by atoms with Gasteiger partial charge in [-0.3, -0.25) is 9.59 Å². The summed E-state index contributed by atoms with van der Waals surface area (Å²) in [6.07, 6.45) is 0.613. The molecule has 0 radical (unpaired) electrons. The molecule has 5 nitrogen and oxygen atoms in total. The van der Waals surface area contributed by atoms with Gasteiger partial charge in [0.15, 0.2) is 0 Å². The molecule has 0 aromatic heterocycles. The summed E-state index contributed by atoms with van der Waals surface area (Å²) >= 11 is 0. The summed E-state index contributed by atoms with van der Waals surface area (Å²) in [5, 5.41) is 9.08. The van der Waals surface area contributed by atoms with Gasteiger partial charge in [-0.05, 0) is 29.7 Å². The van der Waals surface area contributed by atoms with Crippen LogP contribution in [0, 0.1) is 0 Å². The number of methoxy groups -OCH3 is 1. The van der Waals surface area contributed by atoms with Crippen LogP contribution in [0.3, 0.4) is 0 Å². The van der Waals surface area contributed by atoms with E-state index in [0.717, 1.165) is 11.1 Å². The van der Waals surface area contributed by atoms with E-state index in [1.807, 2.05) is 42.5 Å². The van der Waals surface area contributed by atoms with Crippen molar-refractivity contribution in [3.05, 3.63) is 71.3 Å². The largest absolute Gasteiger partial charge is 0.480 e. The van der Waals surface area contributed by atoms with Crippen LogP contribution in [0.25, 0.3) is 0 Å². The Morgan fingerprint density at radius 3 is 2.25 bits per heavy atom. The third-order valence-corrected chi connectivity index (χ3v) is 3.64. The average molecular weight is 327 g/mol. The van der Waals surface area contributed by atoms with E-state index < -0.39 is 5.97 Å². The highest BCUT2D eigenvalue weighted by molar-refractivity contribution is 5.95. The van der Waals surface area contributed by atoms with Crippen LogP contribution in [-0.4, -0.2) is 42.1 Å². The maximum atomic E-state index is 12.6. The van der Waals surface area contributed by atoms with Crippen molar-refractivity contribution in [1.29, 1.82) is 0 Å². The van der Waals surface area contributed by atoms with Crippen molar-refractivity contribution in [1.82, 2.24) is 4.90 Å². The first-order valence-corrected chi connectivity index (χ1v) is 7.73. The molecule has 0 aliphatic heterocycles. The van der Waals surface area contributed by atoms with Crippen molar-refractivity contribution in [2.45, 2.75) is 13.0 Å². The molecule has 126 valence electrons. The molecule has 0 unspecified atom stereocenters. The molecule has 24 heavy (non-hydrogen) atoms. The maximum Gasteiger partial charge on any atom is 0.323 e. The number of ether oxygens (including phenoxy) is 1. The van der Waals surface area contributed by atoms with Crippen molar-refractivity contribution in [3.63, 3.8) is 0 Å². The van der Waals surface area contributed by atoms with Gasteiger partial charge in [-0.2, -0.15) is 0 Å². The monoisotopic (exact) mass is 327 g/mol. The highest BCUT2D eigenvalue weighted by atomic mass is 16.5. The standard InChI is InChI=1S/C19H21NO4/c1-24-14-16-7-9-17(10-8-16)19(23)20(13-18(21)22)12-11-15-5-3-2-4-6-15/h2-10H,11-14H2,1H3,(H,21,22). The molecule has 2 aromatic carbocycles. The molecule has 1 N–H and O–H groups in total. The quantitative estimate of drug-likeness (QED) is 0.809. The van der Waals surface area contributed by atoms with Crippen LogP contribution in [0.5, 0.6) is 0 Å². The summed E-state index contributed by atoms with van der Waals surface area (Å²) in [7, 11) is 1.61. The number of nitrogens with zero attached hydrogens (tertiary/aromatic N) is 1. The average Bonchev–Trinajstić information content (AvgIpc) is 2.59. The fraction of sp³-hybridized carbons (Fsp3) is 0.263. The number of carboxylic acid groups (broad SMARTS) is 1. The molecule has 0 aliphatic rings. The van der Waals surface area contributed by atoms with Crippen molar-refractivity contribution in [3.8, 4) is 0 Å². The highest BCUT2D eigenvalue weighted by Crippen LogP contribution is 2.10. The zero-order valence-electron chi connectivity index (χ0n) is 13.6. The molecule has 0 fully saturated rings. The molecule has 0 heterocycles. The number of benzene rings is 2. The van der Waals surface area contributed by atoms with Gasteiger partial charge in [-0.1, -0.05) is 42.5 Å². The van der Waals surface area contributed by atoms with Crippen LogP contribution in [0.4, 0.5) is 0 Å². The Hall–Kier alpha value is -2.66. The van der Waals surface area contributed by atoms with E-state index in [-0.39, 0.29) is 12.5 Å². The lowest BCUT2D eigenvalue weighted by Crippen LogP contribution is -2.37. The third-order valence-electron chi connectivity index (χ3n) is 3.64. The second kappa shape index (κ2) is 8.84. The van der Waals surface area contributed by atoms with Crippen molar-refractivity contribution in [2.75, 3.05) is 20.2 Å². The van der Waals surface area contributed by atoms with Gasteiger partial charge in [-0.15, -0.1) is 0 Å². The number of carbonyl (C=O) groups is 2. The maximum absolute atomic E-state index is 12.6. The number of aliphatic carboxylic acids is 1. The van der Waals surface area contributed by atoms with Crippen LogP contribution in [0.15, 0.2) is 54.6 Å². The van der Waals surface area contributed by atoms with Crippen LogP contribution >= 0.6 is 0 Å². The van der Waals surface area contributed by atoms with Gasteiger partial charge in [0.1, 0.15) is 6.54 Å². The predicted octanol–water partition coefficient (Wildman–Crippen LogP) is 2.60. The summed E-state index contributed by atoms with van der Waals surface area (Å²) in [4.78, 5) is 25.0. The molecule has 0 atom stereocenters. The number of carbonyl (C=O) groups excluding carboxylic acids is 1. The Morgan fingerprint density at radius 1 is 1.00 bits per heavy atom. The van der Waals surface area contributed by atoms with Crippen molar-refractivity contribution < 1.29 is 19.4 Å². The topological polar surface area (TPSA) is 66.8 Å². The molecule has 0 bridgehead atoms. The van der Waals surface area contributed by atoms with E-state index in [0.29, 0.717) is 25.1 Å². The molecule has 0 saturated carbocycles. The molecule has 0 aliphatic carbocycles. The second-order valence-corrected chi connectivity index (χ2v) is 5.49. The molecule has 1 amide bonds. The number of amides is 1. The van der Waals surface area contributed by atoms with Gasteiger partial charge >= 0.3 is 5.97 Å². The van der Waals surface area contributed by atoms with Crippen LogP contribution in [-0.2, 0) is 22.6 Å². The van der Waals surface area contributed by atoms with Gasteiger partial charge < -0.3 is 14.7 Å². The minimum atomic E-state index is -1.02. The minimum Gasteiger partial charge on any atom is -0.480 e. The normalized spacial score (nSPS) is 10.4. The number of rotatable bonds is 8. The number of hydrogen-bond donors (Lipinski definition) is 1. The SMILES string of the molecule is COCc1ccc(C(=O)N(CCc2ccccc2)CC(=O)O)cc1. The first-order chi connectivity index (χ1) is 11.6. The van der Waals surface area contributed by atoms with Crippen molar-refractivity contribution in [2.24, 2.45) is 0 Å². The Morgan fingerprint density at radius 2 is 1.67 bits per heavy atom. The summed E-state index contributed by atoms with van der Waals surface area (Å²) in [5.74, 6) is -1.30. The van der Waals surface area contributed by atoms with Gasteiger partial charge in [0, 0.05) is 19.2 Å². The lowest BCUT2D eigenvalue weighted by atomic mass is 10.1. The smallest absolute Gasteiger partial charge is 0.323 e. The van der Waals surface area contributed by atoms with E-state index in [9.17, 15) is 9.59 Å². The number of carboxylic acids is 1. The van der Waals surface area contributed by atoms with Gasteiger partial charge in [-0.25, -0.2) is 0 Å². The van der Waals surface area contributed by atoms with Crippen molar-refractivity contribution >= 4 is 11.9 Å². The Bertz CT molecular complexity index is 668. The van der Waals surface area contributed by atoms with Crippen LogP contribution in [0.1, 0.15) is 21.5 Å². The molecule has 2 aromatic rings. The van der Waals surface area contributed by atoms with Gasteiger partial charge in [0.05, 0.1) is 6.61 Å². The summed E-state index contributed by atoms with van der Waals surface area (Å²) < 4.78 is 5.04. The van der Waals surface area contributed by atoms with E-state index in [1.54, 1.807) is 19.2 Å². The lowest BCUT2D eigenvalue weighted by molar-refractivity contribution is -0.137. The molecular formula is C19H21NO4. The minimum absolute atomic E-state index is 0.280. The third kappa shape index (κ3) is 5.21. The van der Waals surface area contributed by atoms with E-state index in [2.05, 4.69) is 0 Å². The Balaban J connectivity index is 2.07. The first-order valence-electron chi connectivity index (χ1n) is 7.73. The van der Waals surface area contributed by atoms with Gasteiger partial charge in [0.25, 0.3) is 5.91 Å². The molecular weight excluding hydrogens is 306 g/mol. The summed E-state index contributed by atoms with van der Waals surface area (Å²) in [5.41, 5.74) is 2.50. The lowest BCUT2D eigenvalue weighted by Gasteiger charge is -2.21. The van der Waals surface area contributed by atoms with E-state index >= 15 is 0 Å². The molecule has 5 heteroatoms. The van der Waals surface area contributed by atoms with E-state index in [1.165, 1.54) is 4.90 Å². The zero-order valence-corrected chi connectivity index (χ0v) is 13.6. The first kappa shape index (κ1) is 17.7. The van der Waals surface area contributed by atoms with Crippen LogP contribution < -0.4 is 0 Å². The fourth-order valence-electron chi connectivity index (χ4n) is 2.42. The fourth-order valence-corrected chi connectivity index (χ4v) is 2.42. The van der Waals surface area contributed by atoms with Gasteiger partial charge in [0.2, 0.25) is 0 Å². The Kier molecular flexibility index (Phi) is 6.51. The summed E-state index contributed by atoms with van der Waals surface area (Å²) in [6.45, 7) is 0.516.